The molecule has 1 unspecified atom stereocenters. The van der Waals surface area contributed by atoms with Gasteiger partial charge < -0.3 is 10.4 Å². The van der Waals surface area contributed by atoms with Crippen LogP contribution in [0.2, 0.25) is 0 Å². The van der Waals surface area contributed by atoms with E-state index in [1.54, 1.807) is 13.0 Å². The zero-order valence-electron chi connectivity index (χ0n) is 10.6. The Hall–Kier alpha value is -0.920. The highest BCUT2D eigenvalue weighted by Gasteiger charge is 2.13. The van der Waals surface area contributed by atoms with Crippen molar-refractivity contribution in [1.29, 1.82) is 0 Å². The molecule has 0 amide bonds. The minimum atomic E-state index is -3.00. The van der Waals surface area contributed by atoms with Crippen LogP contribution in [0, 0.1) is 6.92 Å². The Morgan fingerprint density at radius 1 is 1.56 bits per heavy atom. The third-order valence-electron chi connectivity index (χ3n) is 2.43. The van der Waals surface area contributed by atoms with E-state index in [1.165, 1.54) is 17.6 Å². The third kappa shape index (κ3) is 4.75. The maximum Gasteiger partial charge on any atom is 0.345 e. The number of nitrogens with one attached hydrogen (secondary N) is 1. The minimum Gasteiger partial charge on any atom is -0.477 e. The summed E-state index contributed by atoms with van der Waals surface area (Å²) in [5.74, 6) is -0.861. The number of carbonyl (C=O) groups is 1. The predicted molar refractivity (Wildman–Crippen MR) is 72.0 cm³/mol. The summed E-state index contributed by atoms with van der Waals surface area (Å²) in [6, 6.07) is 1.47. The van der Waals surface area contributed by atoms with Crippen LogP contribution in [0.25, 0.3) is 0 Å². The smallest absolute Gasteiger partial charge is 0.345 e. The fourth-order valence-corrected chi connectivity index (χ4v) is 3.50. The lowest BCUT2D eigenvalue weighted by Crippen LogP contribution is -2.32. The number of rotatable bonds is 6. The molecule has 0 saturated heterocycles. The van der Waals surface area contributed by atoms with Crippen LogP contribution in [0.3, 0.4) is 0 Å². The SMILES string of the molecule is Cc1sc(C(=O)O)cc1CNC(C)CS(C)(=O)=O. The van der Waals surface area contributed by atoms with E-state index in [4.69, 9.17) is 5.11 Å². The lowest BCUT2D eigenvalue weighted by molar-refractivity contribution is 0.0702. The van der Waals surface area contributed by atoms with Gasteiger partial charge in [0.15, 0.2) is 0 Å². The third-order valence-corrected chi connectivity index (χ3v) is 4.61. The normalized spacial score (nSPS) is 13.5. The van der Waals surface area contributed by atoms with Crippen molar-refractivity contribution in [2.75, 3.05) is 12.0 Å². The molecule has 0 radical (unpaired) electrons. The number of hydrogen-bond acceptors (Lipinski definition) is 5. The van der Waals surface area contributed by atoms with E-state index in [9.17, 15) is 13.2 Å². The molecule has 1 heterocycles. The molecule has 0 bridgehead atoms. The fourth-order valence-electron chi connectivity index (χ4n) is 1.60. The Bertz CT molecular complexity index is 533. The molecule has 102 valence electrons. The minimum absolute atomic E-state index is 0.0714. The van der Waals surface area contributed by atoms with Gasteiger partial charge in [0.2, 0.25) is 0 Å². The molecular formula is C11H17NO4S2. The van der Waals surface area contributed by atoms with E-state index in [-0.39, 0.29) is 11.8 Å². The summed E-state index contributed by atoms with van der Waals surface area (Å²) in [6.07, 6.45) is 1.20. The van der Waals surface area contributed by atoms with Gasteiger partial charge in [0.25, 0.3) is 0 Å². The molecule has 0 aliphatic rings. The van der Waals surface area contributed by atoms with Crippen molar-refractivity contribution in [3.8, 4) is 0 Å². The van der Waals surface area contributed by atoms with Crippen molar-refractivity contribution in [1.82, 2.24) is 5.32 Å². The average Bonchev–Trinajstić information content (AvgIpc) is 2.54. The fraction of sp³-hybridized carbons (Fsp3) is 0.545. The summed E-state index contributed by atoms with van der Waals surface area (Å²) in [6.45, 7) is 4.13. The van der Waals surface area contributed by atoms with Crippen molar-refractivity contribution in [3.05, 3.63) is 21.4 Å². The number of hydrogen-bond donors (Lipinski definition) is 2. The second-order valence-electron chi connectivity index (χ2n) is 4.37. The lowest BCUT2D eigenvalue weighted by Gasteiger charge is -2.12. The van der Waals surface area contributed by atoms with Gasteiger partial charge in [-0.25, -0.2) is 13.2 Å². The van der Waals surface area contributed by atoms with E-state index in [0.717, 1.165) is 10.4 Å². The van der Waals surface area contributed by atoms with Crippen molar-refractivity contribution < 1.29 is 18.3 Å². The van der Waals surface area contributed by atoms with Gasteiger partial charge in [-0.15, -0.1) is 11.3 Å². The Morgan fingerprint density at radius 2 is 2.17 bits per heavy atom. The summed E-state index contributed by atoms with van der Waals surface area (Å²) in [5.41, 5.74) is 0.901. The highest BCUT2D eigenvalue weighted by Crippen LogP contribution is 2.21. The lowest BCUT2D eigenvalue weighted by atomic mass is 10.2. The van der Waals surface area contributed by atoms with E-state index in [1.807, 2.05) is 6.92 Å². The van der Waals surface area contributed by atoms with Crippen LogP contribution in [0.4, 0.5) is 0 Å². The van der Waals surface area contributed by atoms with Crippen LogP contribution in [0.5, 0.6) is 0 Å². The Kier molecular flexibility index (Phi) is 4.89. The molecule has 5 nitrogen and oxygen atoms in total. The molecule has 1 atom stereocenters. The van der Waals surface area contributed by atoms with Crippen LogP contribution in [-0.2, 0) is 16.4 Å². The first-order valence-electron chi connectivity index (χ1n) is 5.42. The Morgan fingerprint density at radius 3 is 2.61 bits per heavy atom. The quantitative estimate of drug-likeness (QED) is 0.825. The monoisotopic (exact) mass is 291 g/mol. The van der Waals surface area contributed by atoms with E-state index in [0.29, 0.717) is 11.4 Å². The number of aryl methyl sites for hydroxylation is 1. The summed E-state index contributed by atoms with van der Waals surface area (Å²) >= 11 is 1.23. The molecule has 0 saturated carbocycles. The largest absolute Gasteiger partial charge is 0.477 e. The second kappa shape index (κ2) is 5.81. The summed E-state index contributed by atoms with van der Waals surface area (Å²) in [7, 11) is -3.00. The summed E-state index contributed by atoms with van der Waals surface area (Å²) in [5, 5.41) is 11.9. The number of sulfone groups is 1. The topological polar surface area (TPSA) is 83.5 Å². The van der Waals surface area contributed by atoms with Gasteiger partial charge in [-0.2, -0.15) is 0 Å². The number of carboxylic acids is 1. The molecule has 0 fully saturated rings. The predicted octanol–water partition coefficient (Wildman–Crippen LogP) is 1.28. The average molecular weight is 291 g/mol. The van der Waals surface area contributed by atoms with Crippen molar-refractivity contribution in [2.24, 2.45) is 0 Å². The van der Waals surface area contributed by atoms with Gasteiger partial charge in [0.1, 0.15) is 14.7 Å². The van der Waals surface area contributed by atoms with Gasteiger partial charge in [-0.05, 0) is 25.5 Å². The standard InChI is InChI=1S/C11H17NO4S2/c1-7(6-18(3,15)16)12-5-9-4-10(11(13)14)17-8(9)2/h4,7,12H,5-6H2,1-3H3,(H,13,14). The highest BCUT2D eigenvalue weighted by atomic mass is 32.2. The maximum atomic E-state index is 11.1. The van der Waals surface area contributed by atoms with Gasteiger partial charge in [-0.1, -0.05) is 0 Å². The van der Waals surface area contributed by atoms with E-state index < -0.39 is 15.8 Å². The van der Waals surface area contributed by atoms with Gasteiger partial charge in [0.05, 0.1) is 5.75 Å². The molecule has 0 aromatic carbocycles. The maximum absolute atomic E-state index is 11.1. The van der Waals surface area contributed by atoms with Crippen LogP contribution in [-0.4, -0.2) is 37.5 Å². The first-order valence-corrected chi connectivity index (χ1v) is 8.30. The molecule has 7 heteroatoms. The van der Waals surface area contributed by atoms with Crippen molar-refractivity contribution in [3.63, 3.8) is 0 Å². The number of carboxylic acid groups (broad SMARTS) is 1. The molecule has 0 aliphatic heterocycles. The zero-order valence-corrected chi connectivity index (χ0v) is 12.2. The molecule has 1 aromatic heterocycles. The molecule has 1 aromatic rings. The highest BCUT2D eigenvalue weighted by molar-refractivity contribution is 7.90. The Labute approximate surface area is 111 Å². The zero-order chi connectivity index (χ0) is 13.9. The van der Waals surface area contributed by atoms with Crippen LogP contribution in [0.1, 0.15) is 27.0 Å². The molecular weight excluding hydrogens is 274 g/mol. The molecule has 2 N–H and O–H groups in total. The van der Waals surface area contributed by atoms with Gasteiger partial charge in [0, 0.05) is 23.7 Å². The van der Waals surface area contributed by atoms with Crippen LogP contribution < -0.4 is 5.32 Å². The van der Waals surface area contributed by atoms with E-state index in [2.05, 4.69) is 5.32 Å². The number of thiophene rings is 1. The molecule has 0 aliphatic carbocycles. The summed E-state index contributed by atoms with van der Waals surface area (Å²) < 4.78 is 22.2. The first-order chi connectivity index (χ1) is 8.19. The first kappa shape index (κ1) is 15.1. The number of aromatic carboxylic acids is 1. The molecule has 1 rings (SSSR count). The van der Waals surface area contributed by atoms with Crippen LogP contribution >= 0.6 is 11.3 Å². The Balaban J connectivity index is 2.61. The van der Waals surface area contributed by atoms with Gasteiger partial charge in [-0.3, -0.25) is 0 Å². The molecule has 18 heavy (non-hydrogen) atoms. The van der Waals surface area contributed by atoms with E-state index >= 15 is 0 Å². The van der Waals surface area contributed by atoms with Crippen molar-refractivity contribution >= 4 is 27.1 Å². The summed E-state index contributed by atoms with van der Waals surface area (Å²) in [4.78, 5) is 12.0. The molecule has 0 spiro atoms. The van der Waals surface area contributed by atoms with Gasteiger partial charge >= 0.3 is 5.97 Å². The van der Waals surface area contributed by atoms with Crippen molar-refractivity contribution in [2.45, 2.75) is 26.4 Å². The second-order valence-corrected chi connectivity index (χ2v) is 7.81. The van der Waals surface area contributed by atoms with Crippen LogP contribution in [0.15, 0.2) is 6.07 Å².